The average Bonchev–Trinajstić information content (AvgIpc) is 2.82. The molecule has 1 aromatic carbocycles. The van der Waals surface area contributed by atoms with Crippen LogP contribution in [-0.4, -0.2) is 21.6 Å². The number of H-pyrrole nitrogens is 1. The first-order valence-electron chi connectivity index (χ1n) is 6.56. The highest BCUT2D eigenvalue weighted by molar-refractivity contribution is 7.99. The molecule has 0 spiro atoms. The van der Waals surface area contributed by atoms with E-state index in [1.807, 2.05) is 37.3 Å². The van der Waals surface area contributed by atoms with Crippen LogP contribution in [0.25, 0.3) is 21.3 Å². The van der Waals surface area contributed by atoms with Gasteiger partial charge in [-0.1, -0.05) is 42.1 Å². The van der Waals surface area contributed by atoms with Crippen LogP contribution >= 0.6 is 23.1 Å². The van der Waals surface area contributed by atoms with Crippen LogP contribution in [0.4, 0.5) is 0 Å². The van der Waals surface area contributed by atoms with Gasteiger partial charge in [-0.25, -0.2) is 4.98 Å². The Bertz CT molecular complexity index is 900. The summed E-state index contributed by atoms with van der Waals surface area (Å²) in [7, 11) is 0. The van der Waals surface area contributed by atoms with Gasteiger partial charge in [0.2, 0.25) is 5.91 Å². The number of hydrogen-bond acceptors (Lipinski definition) is 5. The number of carbonyl (C=O) groups excluding carboxylic acids is 1. The highest BCUT2D eigenvalue weighted by Crippen LogP contribution is 2.35. The van der Waals surface area contributed by atoms with Gasteiger partial charge in [0.05, 0.1) is 11.1 Å². The molecule has 3 aromatic rings. The molecule has 0 aliphatic carbocycles. The van der Waals surface area contributed by atoms with Crippen LogP contribution in [0.2, 0.25) is 0 Å². The van der Waals surface area contributed by atoms with E-state index in [9.17, 15) is 9.59 Å². The maximum absolute atomic E-state index is 12.4. The molecule has 0 bridgehead atoms. The zero-order valence-corrected chi connectivity index (χ0v) is 13.4. The maximum atomic E-state index is 12.4. The summed E-state index contributed by atoms with van der Waals surface area (Å²) in [6.07, 6.45) is 0. The summed E-state index contributed by atoms with van der Waals surface area (Å²) in [6, 6.07) is 9.77. The molecule has 3 rings (SSSR count). The fourth-order valence-corrected chi connectivity index (χ4v) is 3.96. The first-order chi connectivity index (χ1) is 10.6. The number of aromatic amines is 1. The van der Waals surface area contributed by atoms with Crippen molar-refractivity contribution in [3.8, 4) is 11.1 Å². The number of hydrogen-bond donors (Lipinski definition) is 2. The van der Waals surface area contributed by atoms with Crippen molar-refractivity contribution in [2.24, 2.45) is 5.73 Å². The predicted molar refractivity (Wildman–Crippen MR) is 90.3 cm³/mol. The van der Waals surface area contributed by atoms with Crippen molar-refractivity contribution in [3.63, 3.8) is 0 Å². The number of thiophene rings is 1. The van der Waals surface area contributed by atoms with Gasteiger partial charge in [0.15, 0.2) is 5.16 Å². The fourth-order valence-electron chi connectivity index (χ4n) is 2.26. The van der Waals surface area contributed by atoms with Crippen molar-refractivity contribution in [3.05, 3.63) is 45.6 Å². The highest BCUT2D eigenvalue weighted by atomic mass is 32.2. The number of nitrogens with zero attached hydrogens (tertiary/aromatic N) is 1. The number of benzene rings is 1. The van der Waals surface area contributed by atoms with Crippen molar-refractivity contribution >= 4 is 39.2 Å². The maximum Gasteiger partial charge on any atom is 0.260 e. The topological polar surface area (TPSA) is 88.8 Å². The van der Waals surface area contributed by atoms with E-state index in [1.165, 1.54) is 11.3 Å². The summed E-state index contributed by atoms with van der Waals surface area (Å²) in [5.74, 6) is -0.357. The molecular weight excluding hydrogens is 318 g/mol. The number of primary amides is 1. The number of carbonyl (C=O) groups is 1. The van der Waals surface area contributed by atoms with Gasteiger partial charge < -0.3 is 10.7 Å². The molecule has 1 amide bonds. The summed E-state index contributed by atoms with van der Waals surface area (Å²) in [5.41, 5.74) is 6.84. The molecule has 2 aromatic heterocycles. The van der Waals surface area contributed by atoms with Crippen LogP contribution in [0.15, 0.2) is 40.3 Å². The van der Waals surface area contributed by atoms with Gasteiger partial charge in [0.1, 0.15) is 4.83 Å². The van der Waals surface area contributed by atoms with E-state index in [1.54, 1.807) is 0 Å². The number of fused-ring (bicyclic) bond motifs is 1. The molecule has 0 saturated heterocycles. The van der Waals surface area contributed by atoms with Crippen molar-refractivity contribution in [1.29, 1.82) is 0 Å². The third-order valence-electron chi connectivity index (χ3n) is 3.13. The van der Waals surface area contributed by atoms with Gasteiger partial charge in [0.25, 0.3) is 5.56 Å². The molecule has 0 unspecified atom stereocenters. The Morgan fingerprint density at radius 3 is 2.77 bits per heavy atom. The number of nitrogens with two attached hydrogens (primary N) is 1. The highest BCUT2D eigenvalue weighted by Gasteiger charge is 2.16. The molecule has 0 fully saturated rings. The Hall–Kier alpha value is -2.12. The molecule has 0 aliphatic heterocycles. The Balaban J connectivity index is 2.15. The molecule has 5 nitrogen and oxygen atoms in total. The third kappa shape index (κ3) is 2.77. The second-order valence-electron chi connectivity index (χ2n) is 4.71. The van der Waals surface area contributed by atoms with Crippen LogP contribution in [0.5, 0.6) is 0 Å². The molecule has 0 saturated carbocycles. The quantitative estimate of drug-likeness (QED) is 0.568. The molecule has 22 heavy (non-hydrogen) atoms. The van der Waals surface area contributed by atoms with Crippen LogP contribution in [-0.2, 0) is 4.79 Å². The van der Waals surface area contributed by atoms with Gasteiger partial charge in [-0.15, -0.1) is 11.3 Å². The van der Waals surface area contributed by atoms with Crippen LogP contribution in [0.1, 0.15) is 4.88 Å². The molecule has 112 valence electrons. The molecular formula is C15H13N3O2S2. The van der Waals surface area contributed by atoms with Gasteiger partial charge in [-0.2, -0.15) is 0 Å². The van der Waals surface area contributed by atoms with E-state index < -0.39 is 5.91 Å². The number of rotatable bonds is 4. The third-order valence-corrected chi connectivity index (χ3v) is 5.02. The lowest BCUT2D eigenvalue weighted by atomic mass is 10.0. The molecule has 2 heterocycles. The van der Waals surface area contributed by atoms with E-state index in [2.05, 4.69) is 9.97 Å². The molecule has 0 radical (unpaired) electrons. The Morgan fingerprint density at radius 1 is 1.36 bits per heavy atom. The number of aryl methyl sites for hydroxylation is 1. The lowest BCUT2D eigenvalue weighted by Gasteiger charge is -2.02. The summed E-state index contributed by atoms with van der Waals surface area (Å²) >= 11 is 2.61. The summed E-state index contributed by atoms with van der Waals surface area (Å²) in [5, 5.41) is 1.01. The zero-order valence-electron chi connectivity index (χ0n) is 11.8. The Labute approximate surface area is 134 Å². The second kappa shape index (κ2) is 5.94. The lowest BCUT2D eigenvalue weighted by molar-refractivity contribution is -0.115. The van der Waals surface area contributed by atoms with Gasteiger partial charge in [-0.05, 0) is 12.5 Å². The minimum Gasteiger partial charge on any atom is -0.369 e. The predicted octanol–water partition coefficient (Wildman–Crippen LogP) is 2.54. The zero-order chi connectivity index (χ0) is 15.7. The SMILES string of the molecule is Cc1sc2nc(SCC(N)=O)[nH]c(=O)c2c1-c1ccccc1. The van der Waals surface area contributed by atoms with Gasteiger partial charge >= 0.3 is 0 Å². The Kier molecular flexibility index (Phi) is 4.00. The standard InChI is InChI=1S/C15H13N3O2S2/c1-8-11(9-5-3-2-4-6-9)12-13(20)17-15(18-14(12)22-8)21-7-10(16)19/h2-6H,7H2,1H3,(H2,16,19)(H,17,18,20). The summed E-state index contributed by atoms with van der Waals surface area (Å²) in [4.78, 5) is 32.2. The number of amides is 1. The van der Waals surface area contributed by atoms with E-state index in [-0.39, 0.29) is 11.3 Å². The van der Waals surface area contributed by atoms with E-state index in [4.69, 9.17) is 5.73 Å². The van der Waals surface area contributed by atoms with Crippen molar-refractivity contribution in [1.82, 2.24) is 9.97 Å². The van der Waals surface area contributed by atoms with Crippen molar-refractivity contribution < 1.29 is 4.79 Å². The van der Waals surface area contributed by atoms with E-state index >= 15 is 0 Å². The minimum atomic E-state index is -0.444. The molecule has 0 aliphatic rings. The Morgan fingerprint density at radius 2 is 2.09 bits per heavy atom. The largest absolute Gasteiger partial charge is 0.369 e. The first kappa shape index (κ1) is 14.8. The first-order valence-corrected chi connectivity index (χ1v) is 8.36. The molecule has 0 atom stereocenters. The van der Waals surface area contributed by atoms with Gasteiger partial charge in [0, 0.05) is 10.4 Å². The number of aromatic nitrogens is 2. The second-order valence-corrected chi connectivity index (χ2v) is 6.87. The van der Waals surface area contributed by atoms with Crippen molar-refractivity contribution in [2.45, 2.75) is 12.1 Å². The minimum absolute atomic E-state index is 0.0876. The number of nitrogens with one attached hydrogen (secondary N) is 1. The van der Waals surface area contributed by atoms with Crippen LogP contribution < -0.4 is 11.3 Å². The number of thioether (sulfide) groups is 1. The monoisotopic (exact) mass is 331 g/mol. The molecule has 7 heteroatoms. The van der Waals surface area contributed by atoms with E-state index in [0.717, 1.165) is 27.8 Å². The van der Waals surface area contributed by atoms with Crippen LogP contribution in [0, 0.1) is 6.92 Å². The van der Waals surface area contributed by atoms with Gasteiger partial charge in [-0.3, -0.25) is 9.59 Å². The normalized spacial score (nSPS) is 11.0. The van der Waals surface area contributed by atoms with E-state index in [0.29, 0.717) is 15.4 Å². The lowest BCUT2D eigenvalue weighted by Crippen LogP contribution is -2.15. The fraction of sp³-hybridized carbons (Fsp3) is 0.133. The average molecular weight is 331 g/mol. The van der Waals surface area contributed by atoms with Crippen molar-refractivity contribution in [2.75, 3.05) is 5.75 Å². The molecule has 3 N–H and O–H groups in total. The summed E-state index contributed by atoms with van der Waals surface area (Å²) < 4.78 is 0. The smallest absolute Gasteiger partial charge is 0.260 e. The summed E-state index contributed by atoms with van der Waals surface area (Å²) in [6.45, 7) is 1.98. The van der Waals surface area contributed by atoms with Crippen LogP contribution in [0.3, 0.4) is 0 Å².